The van der Waals surface area contributed by atoms with Crippen LogP contribution in [0.2, 0.25) is 0 Å². The number of fused-ring (bicyclic) bond motifs is 1. The highest BCUT2D eigenvalue weighted by Gasteiger charge is 2.30. The lowest BCUT2D eigenvalue weighted by atomic mass is 9.98. The van der Waals surface area contributed by atoms with Crippen LogP contribution in [-0.2, 0) is 11.2 Å². The monoisotopic (exact) mass is 377 g/mol. The van der Waals surface area contributed by atoms with E-state index in [2.05, 4.69) is 30.5 Å². The van der Waals surface area contributed by atoms with Crippen molar-refractivity contribution < 1.29 is 9.53 Å². The highest BCUT2D eigenvalue weighted by molar-refractivity contribution is 7.10. The van der Waals surface area contributed by atoms with E-state index in [-0.39, 0.29) is 18.6 Å². The molecule has 3 aromatic rings. The van der Waals surface area contributed by atoms with Gasteiger partial charge >= 0.3 is 0 Å². The lowest BCUT2D eigenvalue weighted by molar-refractivity contribution is -0.136. The van der Waals surface area contributed by atoms with Gasteiger partial charge in [-0.1, -0.05) is 55.5 Å². The van der Waals surface area contributed by atoms with Crippen molar-refractivity contribution in [3.8, 4) is 16.9 Å². The lowest BCUT2D eigenvalue weighted by Crippen LogP contribution is -2.41. The number of nitrogens with zero attached hydrogens (tertiary/aromatic N) is 1. The molecule has 1 unspecified atom stereocenters. The van der Waals surface area contributed by atoms with Gasteiger partial charge in [0.2, 0.25) is 0 Å². The Bertz CT molecular complexity index is 919. The van der Waals surface area contributed by atoms with Crippen LogP contribution in [0.3, 0.4) is 0 Å². The highest BCUT2D eigenvalue weighted by atomic mass is 32.1. The number of hydrogen-bond acceptors (Lipinski definition) is 3. The van der Waals surface area contributed by atoms with Gasteiger partial charge in [-0.05, 0) is 41.5 Å². The molecule has 1 atom stereocenters. The number of benzene rings is 2. The van der Waals surface area contributed by atoms with E-state index >= 15 is 0 Å². The maximum Gasteiger partial charge on any atom is 0.261 e. The SMILES string of the molecule is CCC1c2ccsc2CCN1C(=O)COc1ccccc1-c1ccccc1. The minimum absolute atomic E-state index is 0.0570. The van der Waals surface area contributed by atoms with E-state index in [0.29, 0.717) is 0 Å². The molecule has 1 aliphatic rings. The maximum absolute atomic E-state index is 12.9. The van der Waals surface area contributed by atoms with Gasteiger partial charge < -0.3 is 9.64 Å². The zero-order chi connectivity index (χ0) is 18.6. The Morgan fingerprint density at radius 2 is 1.89 bits per heavy atom. The van der Waals surface area contributed by atoms with Gasteiger partial charge in [-0.25, -0.2) is 0 Å². The third-order valence-corrected chi connectivity index (χ3v) is 6.12. The van der Waals surface area contributed by atoms with Crippen molar-refractivity contribution >= 4 is 17.2 Å². The summed E-state index contributed by atoms with van der Waals surface area (Å²) in [6, 6.07) is 20.4. The first-order chi connectivity index (χ1) is 13.3. The van der Waals surface area contributed by atoms with Crippen LogP contribution in [0.5, 0.6) is 5.75 Å². The second-order valence-electron chi connectivity index (χ2n) is 6.71. The molecular weight excluding hydrogens is 354 g/mol. The third-order valence-electron chi connectivity index (χ3n) is 5.12. The van der Waals surface area contributed by atoms with Crippen LogP contribution in [0.15, 0.2) is 66.0 Å². The van der Waals surface area contributed by atoms with E-state index in [9.17, 15) is 4.79 Å². The Balaban J connectivity index is 1.49. The molecule has 1 aliphatic heterocycles. The molecule has 0 saturated heterocycles. The van der Waals surface area contributed by atoms with Gasteiger partial charge in [0.05, 0.1) is 6.04 Å². The van der Waals surface area contributed by atoms with Gasteiger partial charge in [0.25, 0.3) is 5.91 Å². The van der Waals surface area contributed by atoms with Gasteiger partial charge in [-0.15, -0.1) is 11.3 Å². The number of ether oxygens (including phenoxy) is 1. The number of carbonyl (C=O) groups excluding carboxylic acids is 1. The molecule has 0 radical (unpaired) electrons. The number of amides is 1. The molecule has 138 valence electrons. The normalized spacial score (nSPS) is 16.0. The first-order valence-corrected chi connectivity index (χ1v) is 10.3. The molecule has 0 spiro atoms. The third kappa shape index (κ3) is 3.62. The van der Waals surface area contributed by atoms with Crippen LogP contribution in [0.25, 0.3) is 11.1 Å². The van der Waals surface area contributed by atoms with Gasteiger partial charge in [-0.2, -0.15) is 0 Å². The molecule has 1 amide bonds. The second-order valence-corrected chi connectivity index (χ2v) is 7.71. The fourth-order valence-electron chi connectivity index (χ4n) is 3.81. The lowest BCUT2D eigenvalue weighted by Gasteiger charge is -2.35. The average Bonchev–Trinajstić information content (AvgIpc) is 3.21. The zero-order valence-electron chi connectivity index (χ0n) is 15.4. The smallest absolute Gasteiger partial charge is 0.261 e. The van der Waals surface area contributed by atoms with Gasteiger partial charge in [0.15, 0.2) is 6.61 Å². The van der Waals surface area contributed by atoms with Crippen molar-refractivity contribution in [1.82, 2.24) is 4.90 Å². The molecular formula is C23H23NO2S. The van der Waals surface area contributed by atoms with Gasteiger partial charge in [0, 0.05) is 17.0 Å². The largest absolute Gasteiger partial charge is 0.483 e. The molecule has 27 heavy (non-hydrogen) atoms. The Labute approximate surface area is 164 Å². The molecule has 0 fully saturated rings. The van der Waals surface area contributed by atoms with E-state index in [4.69, 9.17) is 4.74 Å². The average molecular weight is 378 g/mol. The first-order valence-electron chi connectivity index (χ1n) is 9.41. The molecule has 0 aliphatic carbocycles. The molecule has 0 bridgehead atoms. The maximum atomic E-state index is 12.9. The predicted molar refractivity (Wildman–Crippen MR) is 110 cm³/mol. The topological polar surface area (TPSA) is 29.5 Å². The summed E-state index contributed by atoms with van der Waals surface area (Å²) >= 11 is 1.80. The van der Waals surface area contributed by atoms with Gasteiger partial charge in [-0.3, -0.25) is 4.79 Å². The van der Waals surface area contributed by atoms with Crippen LogP contribution in [0.4, 0.5) is 0 Å². The molecule has 2 aromatic carbocycles. The summed E-state index contributed by atoms with van der Waals surface area (Å²) in [7, 11) is 0. The minimum Gasteiger partial charge on any atom is -0.483 e. The van der Waals surface area contributed by atoms with E-state index in [0.717, 1.165) is 36.3 Å². The Morgan fingerprint density at radius 1 is 1.11 bits per heavy atom. The van der Waals surface area contributed by atoms with Crippen LogP contribution in [-0.4, -0.2) is 24.0 Å². The highest BCUT2D eigenvalue weighted by Crippen LogP contribution is 2.35. The number of carbonyl (C=O) groups is 1. The zero-order valence-corrected chi connectivity index (χ0v) is 16.2. The summed E-state index contributed by atoms with van der Waals surface area (Å²) in [6.07, 6.45) is 1.87. The number of rotatable bonds is 5. The van der Waals surface area contributed by atoms with E-state index in [1.807, 2.05) is 47.4 Å². The predicted octanol–water partition coefficient (Wildman–Crippen LogP) is 5.33. The first kappa shape index (κ1) is 17.8. The fourth-order valence-corrected chi connectivity index (χ4v) is 4.73. The Morgan fingerprint density at radius 3 is 2.70 bits per heavy atom. The van der Waals surface area contributed by atoms with Crippen LogP contribution in [0, 0.1) is 0 Å². The fraction of sp³-hybridized carbons (Fsp3) is 0.261. The number of thiophene rings is 1. The van der Waals surface area contributed by atoms with Crippen LogP contribution in [0.1, 0.15) is 29.8 Å². The Hall–Kier alpha value is -2.59. The molecule has 0 saturated carbocycles. The summed E-state index contributed by atoms with van der Waals surface area (Å²) in [5.41, 5.74) is 3.41. The quantitative estimate of drug-likeness (QED) is 0.601. The molecule has 1 aromatic heterocycles. The summed E-state index contributed by atoms with van der Waals surface area (Å²) in [4.78, 5) is 16.3. The van der Waals surface area contributed by atoms with E-state index < -0.39 is 0 Å². The van der Waals surface area contributed by atoms with Crippen LogP contribution < -0.4 is 4.74 Å². The van der Waals surface area contributed by atoms with E-state index in [1.165, 1.54) is 10.4 Å². The van der Waals surface area contributed by atoms with Crippen molar-refractivity contribution in [3.05, 3.63) is 76.5 Å². The number of para-hydroxylation sites is 1. The molecule has 4 rings (SSSR count). The van der Waals surface area contributed by atoms with Crippen LogP contribution >= 0.6 is 11.3 Å². The standard InChI is InChI=1S/C23H23NO2S/c1-2-20-19-13-15-27-22(19)12-14-24(20)23(25)16-26-21-11-7-6-10-18(21)17-8-4-3-5-9-17/h3-11,13,15,20H,2,12,14,16H2,1H3. The van der Waals surface area contributed by atoms with Gasteiger partial charge in [0.1, 0.15) is 5.75 Å². The Kier molecular flexibility index (Phi) is 5.26. The molecule has 4 heteroatoms. The van der Waals surface area contributed by atoms with Crippen molar-refractivity contribution in [1.29, 1.82) is 0 Å². The van der Waals surface area contributed by atoms with Crippen molar-refractivity contribution in [3.63, 3.8) is 0 Å². The summed E-state index contributed by atoms with van der Waals surface area (Å²) in [5, 5.41) is 2.13. The molecule has 0 N–H and O–H groups in total. The van der Waals surface area contributed by atoms with Crippen molar-refractivity contribution in [2.75, 3.05) is 13.2 Å². The number of hydrogen-bond donors (Lipinski definition) is 0. The second kappa shape index (κ2) is 7.97. The molecule has 3 nitrogen and oxygen atoms in total. The summed E-state index contributed by atoms with van der Waals surface area (Å²) < 4.78 is 5.98. The molecule has 2 heterocycles. The van der Waals surface area contributed by atoms with E-state index in [1.54, 1.807) is 11.3 Å². The van der Waals surface area contributed by atoms with Crippen molar-refractivity contribution in [2.24, 2.45) is 0 Å². The summed E-state index contributed by atoms with van der Waals surface area (Å²) in [5.74, 6) is 0.805. The minimum atomic E-state index is 0.0570. The van der Waals surface area contributed by atoms with Crippen molar-refractivity contribution in [2.45, 2.75) is 25.8 Å². The summed E-state index contributed by atoms with van der Waals surface area (Å²) in [6.45, 7) is 2.98.